The molecule has 3 aliphatic heterocycles. The number of carbonyl (C=O) groups excluding carboxylic acids is 2. The van der Waals surface area contributed by atoms with Crippen LogP contribution in [0.2, 0.25) is 0 Å². The predicted molar refractivity (Wildman–Crippen MR) is 117 cm³/mol. The minimum atomic E-state index is -0.112. The highest BCUT2D eigenvalue weighted by molar-refractivity contribution is 6.33. The fraction of sp³-hybridized carbons (Fsp3) is 0.217. The molecule has 0 aliphatic carbocycles. The van der Waals surface area contributed by atoms with Gasteiger partial charge < -0.3 is 20.7 Å². The number of fused-ring (bicyclic) bond motifs is 2. The van der Waals surface area contributed by atoms with E-state index < -0.39 is 0 Å². The van der Waals surface area contributed by atoms with E-state index in [2.05, 4.69) is 20.9 Å². The van der Waals surface area contributed by atoms with Crippen molar-refractivity contribution >= 4 is 40.5 Å². The summed E-state index contributed by atoms with van der Waals surface area (Å²) in [5, 5.41) is 9.22. The average Bonchev–Trinajstić information content (AvgIpc) is 3.09. The molecule has 3 aliphatic rings. The molecule has 0 radical (unpaired) electrons. The lowest BCUT2D eigenvalue weighted by Gasteiger charge is -2.25. The van der Waals surface area contributed by atoms with Crippen molar-refractivity contribution in [3.63, 3.8) is 0 Å². The van der Waals surface area contributed by atoms with E-state index in [9.17, 15) is 9.59 Å². The van der Waals surface area contributed by atoms with Gasteiger partial charge in [0.2, 0.25) is 5.91 Å². The maximum atomic E-state index is 12.5. The number of hydrogen-bond donors (Lipinski definition) is 3. The third-order valence-corrected chi connectivity index (χ3v) is 5.45. The van der Waals surface area contributed by atoms with Crippen LogP contribution in [0.1, 0.15) is 11.1 Å². The quantitative estimate of drug-likeness (QED) is 0.688. The van der Waals surface area contributed by atoms with Crippen molar-refractivity contribution in [2.45, 2.75) is 0 Å². The lowest BCUT2D eigenvalue weighted by atomic mass is 10.0. The second-order valence-corrected chi connectivity index (χ2v) is 7.49. The van der Waals surface area contributed by atoms with E-state index in [1.54, 1.807) is 0 Å². The third kappa shape index (κ3) is 3.60. The number of amides is 2. The molecule has 5 rings (SSSR count). The Hall–Kier alpha value is -3.42. The van der Waals surface area contributed by atoms with Gasteiger partial charge in [0.05, 0.1) is 31.0 Å². The summed E-state index contributed by atoms with van der Waals surface area (Å²) in [5.74, 6) is -0.148. The molecule has 3 heterocycles. The number of ether oxygens (including phenoxy) is 1. The highest BCUT2D eigenvalue weighted by atomic mass is 16.5. The second kappa shape index (κ2) is 7.78. The maximum Gasteiger partial charge on any atom is 0.258 e. The second-order valence-electron chi connectivity index (χ2n) is 7.49. The molecule has 30 heavy (non-hydrogen) atoms. The van der Waals surface area contributed by atoms with Crippen LogP contribution in [0.15, 0.2) is 54.2 Å². The molecule has 1 fully saturated rings. The van der Waals surface area contributed by atoms with Crippen LogP contribution >= 0.6 is 0 Å². The predicted octanol–water partition coefficient (Wildman–Crippen LogP) is 2.76. The lowest BCUT2D eigenvalue weighted by molar-refractivity contribution is -0.118. The van der Waals surface area contributed by atoms with E-state index in [-0.39, 0.29) is 11.8 Å². The van der Waals surface area contributed by atoms with Gasteiger partial charge in [0.1, 0.15) is 0 Å². The van der Waals surface area contributed by atoms with Crippen molar-refractivity contribution in [1.29, 1.82) is 0 Å². The molecular formula is C23H22N4O3. The standard InChI is InChI=1S/C23H22N4O3/c28-21(14-27-9-11-30-12-10-27)24-16-6-8-18-15(13-16)5-7-20(25-18)22-17-3-1-2-4-19(17)26-23(22)29/h1-8,13,25H,9-12,14H2,(H,24,28)(H,26,29)/b22-20-. The summed E-state index contributed by atoms with van der Waals surface area (Å²) in [6.45, 7) is 3.25. The van der Waals surface area contributed by atoms with Gasteiger partial charge in [-0.05, 0) is 30.3 Å². The normalized spacial score (nSPS) is 20.2. The topological polar surface area (TPSA) is 82.7 Å². The molecule has 7 nitrogen and oxygen atoms in total. The molecule has 0 spiro atoms. The van der Waals surface area contributed by atoms with Crippen LogP contribution in [0.25, 0.3) is 11.6 Å². The summed E-state index contributed by atoms with van der Waals surface area (Å²) < 4.78 is 5.32. The monoisotopic (exact) mass is 402 g/mol. The zero-order valence-electron chi connectivity index (χ0n) is 16.4. The van der Waals surface area contributed by atoms with Crippen LogP contribution in [0.5, 0.6) is 0 Å². The van der Waals surface area contributed by atoms with Gasteiger partial charge in [-0.2, -0.15) is 0 Å². The van der Waals surface area contributed by atoms with E-state index in [0.29, 0.717) is 25.3 Å². The van der Waals surface area contributed by atoms with Crippen LogP contribution in [-0.4, -0.2) is 49.6 Å². The maximum absolute atomic E-state index is 12.5. The Balaban J connectivity index is 1.33. The first kappa shape index (κ1) is 18.6. The summed E-state index contributed by atoms with van der Waals surface area (Å²) in [6.07, 6.45) is 3.86. The smallest absolute Gasteiger partial charge is 0.258 e. The summed E-state index contributed by atoms with van der Waals surface area (Å²) in [4.78, 5) is 26.9. The lowest BCUT2D eigenvalue weighted by Crippen LogP contribution is -2.41. The largest absolute Gasteiger partial charge is 0.379 e. The number of carbonyl (C=O) groups is 2. The first-order chi connectivity index (χ1) is 14.7. The molecule has 0 bridgehead atoms. The Labute approximate surface area is 174 Å². The molecule has 3 N–H and O–H groups in total. The van der Waals surface area contributed by atoms with Crippen molar-refractivity contribution in [1.82, 2.24) is 4.90 Å². The van der Waals surface area contributed by atoms with Crippen molar-refractivity contribution in [2.24, 2.45) is 0 Å². The fourth-order valence-corrected chi connectivity index (χ4v) is 3.95. The van der Waals surface area contributed by atoms with Crippen LogP contribution in [0.3, 0.4) is 0 Å². The minimum Gasteiger partial charge on any atom is -0.379 e. The molecule has 0 unspecified atom stereocenters. The first-order valence-electron chi connectivity index (χ1n) is 10.0. The Bertz CT molecular complexity index is 1080. The molecule has 0 aromatic heterocycles. The van der Waals surface area contributed by atoms with Gasteiger partial charge in [-0.15, -0.1) is 0 Å². The molecule has 0 atom stereocenters. The van der Waals surface area contributed by atoms with E-state index in [0.717, 1.165) is 47.0 Å². The Morgan fingerprint density at radius 3 is 2.73 bits per heavy atom. The van der Waals surface area contributed by atoms with E-state index >= 15 is 0 Å². The van der Waals surface area contributed by atoms with E-state index in [4.69, 9.17) is 4.74 Å². The minimum absolute atomic E-state index is 0.0355. The van der Waals surface area contributed by atoms with Crippen molar-refractivity contribution in [3.05, 3.63) is 65.4 Å². The molecule has 0 saturated carbocycles. The summed E-state index contributed by atoms with van der Waals surface area (Å²) >= 11 is 0. The number of rotatable bonds is 3. The summed E-state index contributed by atoms with van der Waals surface area (Å²) in [7, 11) is 0. The van der Waals surface area contributed by atoms with Gasteiger partial charge in [-0.1, -0.05) is 24.3 Å². The van der Waals surface area contributed by atoms with Crippen molar-refractivity contribution in [3.8, 4) is 0 Å². The molecule has 1 saturated heterocycles. The molecule has 2 amide bonds. The van der Waals surface area contributed by atoms with Gasteiger partial charge in [0.15, 0.2) is 0 Å². The highest BCUT2D eigenvalue weighted by Gasteiger charge is 2.27. The van der Waals surface area contributed by atoms with Gasteiger partial charge in [-0.25, -0.2) is 0 Å². The SMILES string of the molecule is O=C(CN1CCOCC1)Nc1ccc2c(c1)C=C/C(=C1/C(=O)Nc3ccccc31)N2. The Morgan fingerprint density at radius 1 is 1.03 bits per heavy atom. The highest BCUT2D eigenvalue weighted by Crippen LogP contribution is 2.37. The molecular weight excluding hydrogens is 380 g/mol. The van der Waals surface area contributed by atoms with E-state index in [1.807, 2.05) is 54.6 Å². The van der Waals surface area contributed by atoms with Crippen LogP contribution in [0, 0.1) is 0 Å². The zero-order valence-corrected chi connectivity index (χ0v) is 16.4. The van der Waals surface area contributed by atoms with Gasteiger partial charge in [-0.3, -0.25) is 14.5 Å². The number of nitrogens with zero attached hydrogens (tertiary/aromatic N) is 1. The van der Waals surface area contributed by atoms with Gasteiger partial charge in [0.25, 0.3) is 5.91 Å². The summed E-state index contributed by atoms with van der Waals surface area (Å²) in [5.41, 5.74) is 5.70. The van der Waals surface area contributed by atoms with E-state index in [1.165, 1.54) is 0 Å². The molecule has 2 aromatic carbocycles. The Kier molecular flexibility index (Phi) is 4.82. The number of nitrogens with one attached hydrogen (secondary N) is 3. The number of morpholine rings is 1. The Morgan fingerprint density at radius 2 is 1.87 bits per heavy atom. The number of para-hydroxylation sites is 1. The number of allylic oxidation sites excluding steroid dienone is 1. The van der Waals surface area contributed by atoms with Crippen LogP contribution in [0.4, 0.5) is 17.1 Å². The molecule has 152 valence electrons. The van der Waals surface area contributed by atoms with Crippen molar-refractivity contribution in [2.75, 3.05) is 48.8 Å². The fourth-order valence-electron chi connectivity index (χ4n) is 3.95. The zero-order chi connectivity index (χ0) is 20.5. The average molecular weight is 402 g/mol. The van der Waals surface area contributed by atoms with Gasteiger partial charge >= 0.3 is 0 Å². The van der Waals surface area contributed by atoms with Crippen LogP contribution < -0.4 is 16.0 Å². The number of anilines is 3. The molecule has 7 heteroatoms. The van der Waals surface area contributed by atoms with Gasteiger partial charge in [0, 0.05) is 41.3 Å². The number of benzene rings is 2. The summed E-state index contributed by atoms with van der Waals surface area (Å²) in [6, 6.07) is 13.4. The molecule has 2 aromatic rings. The van der Waals surface area contributed by atoms with Crippen molar-refractivity contribution < 1.29 is 14.3 Å². The van der Waals surface area contributed by atoms with Crippen LogP contribution in [-0.2, 0) is 14.3 Å². The third-order valence-electron chi connectivity index (χ3n) is 5.45. The first-order valence-corrected chi connectivity index (χ1v) is 10.0. The number of hydrogen-bond acceptors (Lipinski definition) is 5.